The minimum absolute atomic E-state index is 0.0181. The molecule has 33 heavy (non-hydrogen) atoms. The van der Waals surface area contributed by atoms with Crippen LogP contribution < -0.4 is 9.46 Å². The summed E-state index contributed by atoms with van der Waals surface area (Å²) < 4.78 is 48.7. The highest BCUT2D eigenvalue weighted by molar-refractivity contribution is 7.89. The number of benzene rings is 2. The summed E-state index contributed by atoms with van der Waals surface area (Å²) in [5.41, 5.74) is 1.38. The Morgan fingerprint density at radius 1 is 1.00 bits per heavy atom. The zero-order valence-electron chi connectivity index (χ0n) is 17.1. The van der Waals surface area contributed by atoms with Crippen LogP contribution in [-0.4, -0.2) is 46.4 Å². The van der Waals surface area contributed by atoms with E-state index in [1.807, 2.05) is 0 Å². The van der Waals surface area contributed by atoms with E-state index in [1.54, 1.807) is 54.7 Å². The van der Waals surface area contributed by atoms with Crippen LogP contribution in [0.1, 0.15) is 0 Å². The van der Waals surface area contributed by atoms with Gasteiger partial charge >= 0.3 is 0 Å². The summed E-state index contributed by atoms with van der Waals surface area (Å²) in [4.78, 5) is 4.29. The van der Waals surface area contributed by atoms with Crippen molar-refractivity contribution in [2.24, 2.45) is 0 Å². The summed E-state index contributed by atoms with van der Waals surface area (Å²) >= 11 is 0. The lowest BCUT2D eigenvalue weighted by Crippen LogP contribution is -2.28. The van der Waals surface area contributed by atoms with Crippen LogP contribution in [0.3, 0.4) is 0 Å². The number of hydrogen-bond donors (Lipinski definition) is 1. The number of hydrogen-bond acceptors (Lipinski definition) is 7. The molecule has 0 aliphatic heterocycles. The fourth-order valence-corrected chi connectivity index (χ4v) is 4.55. The van der Waals surface area contributed by atoms with E-state index < -0.39 is 15.8 Å². The third kappa shape index (κ3) is 4.23. The van der Waals surface area contributed by atoms with Crippen LogP contribution in [0, 0.1) is 5.82 Å². The summed E-state index contributed by atoms with van der Waals surface area (Å²) in [6.07, 6.45) is 1.55. The molecular formula is C22H17FN6O3S. The normalized spacial score (nSPS) is 11.8. The summed E-state index contributed by atoms with van der Waals surface area (Å²) in [5, 5.41) is 13.2. The van der Waals surface area contributed by atoms with Gasteiger partial charge in [-0.15, -0.1) is 15.3 Å². The van der Waals surface area contributed by atoms with E-state index in [0.29, 0.717) is 22.6 Å². The Balaban J connectivity index is 1.29. The molecule has 0 amide bonds. The molecule has 2 aromatic carbocycles. The van der Waals surface area contributed by atoms with Crippen molar-refractivity contribution in [1.82, 2.24) is 29.5 Å². The van der Waals surface area contributed by atoms with Gasteiger partial charge in [-0.05, 0) is 30.3 Å². The number of sulfonamides is 1. The van der Waals surface area contributed by atoms with Crippen molar-refractivity contribution in [3.05, 3.63) is 78.7 Å². The number of nitrogens with one attached hydrogen (secondary N) is 1. The molecule has 0 aliphatic carbocycles. The van der Waals surface area contributed by atoms with Gasteiger partial charge in [-0.3, -0.25) is 4.98 Å². The Kier molecular flexibility index (Phi) is 5.40. The smallest absolute Gasteiger partial charge is 0.242 e. The number of pyridine rings is 1. The standard InChI is InChI=1S/C22H17FN6O3S/c23-17-7-1-5-16(14-17)22-27-26-19-9-10-20(28-29(19)22)32-13-12-25-33(30,31)18-8-2-4-15-6-3-11-24-21(15)18/h1-11,14,25H,12-13H2. The van der Waals surface area contributed by atoms with E-state index in [0.717, 1.165) is 5.39 Å². The molecule has 0 fully saturated rings. The summed E-state index contributed by atoms with van der Waals surface area (Å²) in [5.74, 6) is 0.204. The molecule has 166 valence electrons. The highest BCUT2D eigenvalue weighted by Crippen LogP contribution is 2.21. The lowest BCUT2D eigenvalue weighted by atomic mass is 10.2. The van der Waals surface area contributed by atoms with Crippen LogP contribution in [-0.2, 0) is 10.0 Å². The molecule has 1 N–H and O–H groups in total. The van der Waals surface area contributed by atoms with E-state index in [1.165, 1.54) is 22.7 Å². The molecule has 3 aromatic heterocycles. The molecular weight excluding hydrogens is 447 g/mol. The van der Waals surface area contributed by atoms with E-state index in [9.17, 15) is 12.8 Å². The molecule has 5 rings (SSSR count). The highest BCUT2D eigenvalue weighted by atomic mass is 32.2. The summed E-state index contributed by atoms with van der Waals surface area (Å²) in [7, 11) is -3.79. The van der Waals surface area contributed by atoms with Gasteiger partial charge in [-0.1, -0.05) is 30.3 Å². The predicted molar refractivity (Wildman–Crippen MR) is 119 cm³/mol. The Hall–Kier alpha value is -3.96. The molecule has 5 aromatic rings. The SMILES string of the molecule is O=S(=O)(NCCOc1ccc2nnc(-c3cccc(F)c3)n2n1)c1cccc2cccnc12. The van der Waals surface area contributed by atoms with Crippen molar-refractivity contribution >= 4 is 26.6 Å². The van der Waals surface area contributed by atoms with Crippen LogP contribution in [0.2, 0.25) is 0 Å². The van der Waals surface area contributed by atoms with Crippen molar-refractivity contribution in [2.45, 2.75) is 4.90 Å². The largest absolute Gasteiger partial charge is 0.475 e. The van der Waals surface area contributed by atoms with E-state index >= 15 is 0 Å². The Morgan fingerprint density at radius 3 is 2.73 bits per heavy atom. The monoisotopic (exact) mass is 464 g/mol. The topological polar surface area (TPSA) is 111 Å². The zero-order chi connectivity index (χ0) is 22.8. The van der Waals surface area contributed by atoms with Gasteiger partial charge in [0.15, 0.2) is 11.5 Å². The van der Waals surface area contributed by atoms with Crippen molar-refractivity contribution in [2.75, 3.05) is 13.2 Å². The second-order valence-electron chi connectivity index (χ2n) is 7.05. The molecule has 0 atom stereocenters. The lowest BCUT2D eigenvalue weighted by Gasteiger charge is -2.10. The van der Waals surface area contributed by atoms with Crippen molar-refractivity contribution in [3.63, 3.8) is 0 Å². The first-order valence-corrected chi connectivity index (χ1v) is 11.4. The van der Waals surface area contributed by atoms with Crippen LogP contribution in [0.5, 0.6) is 5.88 Å². The molecule has 0 aliphatic rings. The summed E-state index contributed by atoms with van der Waals surface area (Å²) in [6, 6.07) is 17.7. The number of para-hydroxylation sites is 1. The number of fused-ring (bicyclic) bond motifs is 2. The first-order valence-electron chi connectivity index (χ1n) is 9.96. The first-order chi connectivity index (χ1) is 16.0. The molecule has 11 heteroatoms. The Labute approximate surface area is 187 Å². The van der Waals surface area contributed by atoms with Gasteiger partial charge in [0.2, 0.25) is 15.9 Å². The zero-order valence-corrected chi connectivity index (χ0v) is 17.9. The Bertz CT molecular complexity index is 1570. The predicted octanol–water partition coefficient (Wildman–Crippen LogP) is 2.84. The molecule has 0 saturated heterocycles. The van der Waals surface area contributed by atoms with Crippen LogP contribution >= 0.6 is 0 Å². The second kappa shape index (κ2) is 8.52. The van der Waals surface area contributed by atoms with E-state index in [2.05, 4.69) is 25.0 Å². The van der Waals surface area contributed by atoms with E-state index in [4.69, 9.17) is 4.74 Å². The molecule has 9 nitrogen and oxygen atoms in total. The quantitative estimate of drug-likeness (QED) is 0.369. The Morgan fingerprint density at radius 2 is 1.85 bits per heavy atom. The third-order valence-electron chi connectivity index (χ3n) is 4.85. The van der Waals surface area contributed by atoms with Crippen LogP contribution in [0.4, 0.5) is 4.39 Å². The van der Waals surface area contributed by atoms with Gasteiger partial charge < -0.3 is 4.74 Å². The van der Waals surface area contributed by atoms with Gasteiger partial charge in [0.25, 0.3) is 0 Å². The van der Waals surface area contributed by atoms with Crippen LogP contribution in [0.25, 0.3) is 27.9 Å². The highest BCUT2D eigenvalue weighted by Gasteiger charge is 2.18. The van der Waals surface area contributed by atoms with Gasteiger partial charge in [0.1, 0.15) is 17.3 Å². The molecule has 0 unspecified atom stereocenters. The molecule has 3 heterocycles. The fraction of sp³-hybridized carbons (Fsp3) is 0.0909. The first kappa shape index (κ1) is 20.9. The van der Waals surface area contributed by atoms with Gasteiger partial charge in [0, 0.05) is 29.8 Å². The molecule has 0 saturated carbocycles. The number of nitrogens with zero attached hydrogens (tertiary/aromatic N) is 5. The van der Waals surface area contributed by atoms with Crippen LogP contribution in [0.15, 0.2) is 77.8 Å². The number of rotatable bonds is 7. The fourth-order valence-electron chi connectivity index (χ4n) is 3.36. The van der Waals surface area contributed by atoms with Crippen molar-refractivity contribution in [3.8, 4) is 17.3 Å². The second-order valence-corrected chi connectivity index (χ2v) is 8.79. The maximum absolute atomic E-state index is 13.6. The van der Waals surface area contributed by atoms with Crippen molar-refractivity contribution in [1.29, 1.82) is 0 Å². The molecule has 0 spiro atoms. The number of ether oxygens (including phenoxy) is 1. The minimum atomic E-state index is -3.79. The lowest BCUT2D eigenvalue weighted by molar-refractivity contribution is 0.306. The number of aromatic nitrogens is 5. The maximum atomic E-state index is 13.6. The molecule has 0 radical (unpaired) electrons. The van der Waals surface area contributed by atoms with E-state index in [-0.39, 0.29) is 23.9 Å². The summed E-state index contributed by atoms with van der Waals surface area (Å²) in [6.45, 7) is 0.0531. The number of halogens is 1. The van der Waals surface area contributed by atoms with Crippen molar-refractivity contribution < 1.29 is 17.5 Å². The third-order valence-corrected chi connectivity index (χ3v) is 6.34. The van der Waals surface area contributed by atoms with Gasteiger partial charge in [0.05, 0.1) is 5.52 Å². The minimum Gasteiger partial charge on any atom is -0.475 e. The maximum Gasteiger partial charge on any atom is 0.242 e. The molecule has 0 bridgehead atoms. The average molecular weight is 464 g/mol. The average Bonchev–Trinajstić information content (AvgIpc) is 3.25. The van der Waals surface area contributed by atoms with Gasteiger partial charge in [-0.2, -0.15) is 4.52 Å². The van der Waals surface area contributed by atoms with Gasteiger partial charge in [-0.25, -0.2) is 17.5 Å².